The second-order valence-electron chi connectivity index (χ2n) is 11.3. The number of rotatable bonds is 2. The Bertz CT molecular complexity index is 1970. The molecule has 4 nitrogen and oxygen atoms in total. The van der Waals surface area contributed by atoms with Crippen LogP contribution in [0.25, 0.3) is 21.9 Å². The zero-order chi connectivity index (χ0) is 26.9. The van der Waals surface area contributed by atoms with Crippen molar-refractivity contribution < 1.29 is 4.42 Å². The van der Waals surface area contributed by atoms with Gasteiger partial charge >= 0.3 is 0 Å². The number of hydrogen-bond acceptors (Lipinski definition) is 4. The molecule has 4 aliphatic rings. The standard InChI is InChI=1S/C36H28BN3O/c1-2-11-24(12-3-1)39-30-16-7-5-14-28(30)37-29-15-6-8-17-31(29)40(35-20-10-18-32(39)36(37)38-35)25-21-22-34-27(23-25)26-13-4-9-19-33(26)41-34/h1-11,13-24,32,36,38H,12H2/t24?,32?,36-/m0/s1. The van der Waals surface area contributed by atoms with Gasteiger partial charge in [0.1, 0.15) is 17.0 Å². The van der Waals surface area contributed by atoms with Crippen molar-refractivity contribution in [3.05, 3.63) is 139 Å². The average Bonchev–Trinajstić information content (AvgIpc) is 3.16. The maximum Gasteiger partial charge on any atom is 0.241 e. The van der Waals surface area contributed by atoms with Crippen LogP contribution >= 0.6 is 0 Å². The van der Waals surface area contributed by atoms with E-state index >= 15 is 0 Å². The van der Waals surface area contributed by atoms with E-state index < -0.39 is 0 Å². The van der Waals surface area contributed by atoms with Crippen LogP contribution in [-0.4, -0.2) is 24.7 Å². The highest BCUT2D eigenvalue weighted by Gasteiger charge is 2.48. The molecule has 0 fully saturated rings. The minimum atomic E-state index is 0.166. The van der Waals surface area contributed by atoms with E-state index in [1.54, 1.807) is 0 Å². The van der Waals surface area contributed by atoms with Crippen LogP contribution < -0.4 is 26.0 Å². The fraction of sp³-hybridized carbons (Fsp3) is 0.111. The summed E-state index contributed by atoms with van der Waals surface area (Å²) in [5, 5.41) is 6.36. The number of allylic oxidation sites excluding steroid dienone is 4. The van der Waals surface area contributed by atoms with Crippen molar-refractivity contribution in [1.82, 2.24) is 5.32 Å². The Balaban J connectivity index is 1.27. The predicted octanol–water partition coefficient (Wildman–Crippen LogP) is 6.33. The zero-order valence-electron chi connectivity index (χ0n) is 22.5. The van der Waals surface area contributed by atoms with Crippen LogP contribution in [0.15, 0.2) is 144 Å². The quantitative estimate of drug-likeness (QED) is 0.271. The lowest BCUT2D eigenvalue weighted by atomic mass is 9.33. The van der Waals surface area contributed by atoms with Crippen LogP contribution in [0.4, 0.5) is 17.1 Å². The van der Waals surface area contributed by atoms with Gasteiger partial charge in [-0.05, 0) is 59.8 Å². The largest absolute Gasteiger partial charge is 0.456 e. The van der Waals surface area contributed by atoms with Gasteiger partial charge in [0.15, 0.2) is 0 Å². The zero-order valence-corrected chi connectivity index (χ0v) is 22.5. The first-order valence-electron chi connectivity index (χ1n) is 14.5. The highest BCUT2D eigenvalue weighted by Crippen LogP contribution is 2.39. The first kappa shape index (κ1) is 22.9. The van der Waals surface area contributed by atoms with Crippen molar-refractivity contribution >= 4 is 56.6 Å². The molecule has 0 radical (unpaired) electrons. The van der Waals surface area contributed by atoms with Gasteiger partial charge in [-0.1, -0.05) is 91.1 Å². The summed E-state index contributed by atoms with van der Waals surface area (Å²) < 4.78 is 6.18. The van der Waals surface area contributed by atoms with Gasteiger partial charge in [0, 0.05) is 33.8 Å². The summed E-state index contributed by atoms with van der Waals surface area (Å²) in [6.45, 7) is 0.196. The number of fused-ring (bicyclic) bond motifs is 8. The van der Waals surface area contributed by atoms with E-state index in [-0.39, 0.29) is 18.7 Å². The molecule has 5 aromatic rings. The van der Waals surface area contributed by atoms with Crippen molar-refractivity contribution in [2.45, 2.75) is 24.4 Å². The summed E-state index contributed by atoms with van der Waals surface area (Å²) in [7, 11) is 0. The molecule has 3 atom stereocenters. The first-order chi connectivity index (χ1) is 20.3. The topological polar surface area (TPSA) is 31.6 Å². The van der Waals surface area contributed by atoms with E-state index in [1.807, 2.05) is 12.1 Å². The van der Waals surface area contributed by atoms with E-state index in [0.717, 1.165) is 39.9 Å². The molecule has 3 aliphatic heterocycles. The first-order valence-corrected chi connectivity index (χ1v) is 14.5. The Morgan fingerprint density at radius 2 is 1.51 bits per heavy atom. The SMILES string of the molecule is C1=CCC(N2c3ccccc3B3c4ccccc4N(c4ccc5oc6ccccc6c5c4)C4=CC=CC2[C@@H]3N4)C=C1. The molecule has 0 saturated heterocycles. The van der Waals surface area contributed by atoms with Crippen LogP contribution in [0.3, 0.4) is 0 Å². The molecule has 9 rings (SSSR count). The molecule has 41 heavy (non-hydrogen) atoms. The average molecular weight is 529 g/mol. The van der Waals surface area contributed by atoms with E-state index in [4.69, 9.17) is 4.42 Å². The summed E-state index contributed by atoms with van der Waals surface area (Å²) in [5.74, 6) is 1.26. The van der Waals surface area contributed by atoms with Gasteiger partial charge in [0.2, 0.25) is 6.71 Å². The summed E-state index contributed by atoms with van der Waals surface area (Å²) >= 11 is 0. The maximum absolute atomic E-state index is 6.18. The number of anilines is 3. The third-order valence-electron chi connectivity index (χ3n) is 9.16. The number of nitrogens with one attached hydrogen (secondary N) is 1. The van der Waals surface area contributed by atoms with Crippen molar-refractivity contribution in [2.24, 2.45) is 0 Å². The lowest BCUT2D eigenvalue weighted by molar-refractivity contribution is 0.548. The molecule has 2 unspecified atom stereocenters. The second kappa shape index (κ2) is 8.80. The highest BCUT2D eigenvalue weighted by molar-refractivity contribution is 6.89. The van der Waals surface area contributed by atoms with Gasteiger partial charge in [-0.3, -0.25) is 4.90 Å². The molecule has 4 aromatic carbocycles. The van der Waals surface area contributed by atoms with Gasteiger partial charge in [0.25, 0.3) is 0 Å². The number of nitrogens with zero attached hydrogens (tertiary/aromatic N) is 2. The fourth-order valence-electron chi connectivity index (χ4n) is 7.46. The number of hydrogen-bond donors (Lipinski definition) is 1. The smallest absolute Gasteiger partial charge is 0.241 e. The Morgan fingerprint density at radius 3 is 2.39 bits per heavy atom. The van der Waals surface area contributed by atoms with Crippen LogP contribution in [0.2, 0.25) is 0 Å². The van der Waals surface area contributed by atoms with Gasteiger partial charge in [0.05, 0.1) is 12.1 Å². The third kappa shape index (κ3) is 3.35. The minimum absolute atomic E-state index is 0.166. The van der Waals surface area contributed by atoms with Crippen molar-refractivity contribution in [1.29, 1.82) is 0 Å². The Kier molecular flexibility index (Phi) is 4.91. The van der Waals surface area contributed by atoms with Gasteiger partial charge in [-0.25, -0.2) is 0 Å². The third-order valence-corrected chi connectivity index (χ3v) is 9.16. The van der Waals surface area contributed by atoms with E-state index in [2.05, 4.69) is 137 Å². The number of para-hydroxylation sites is 3. The molecular weight excluding hydrogens is 501 g/mol. The molecule has 2 bridgehead atoms. The van der Waals surface area contributed by atoms with Gasteiger partial charge < -0.3 is 14.6 Å². The summed E-state index contributed by atoms with van der Waals surface area (Å²) in [4.78, 5) is 5.04. The fourth-order valence-corrected chi connectivity index (χ4v) is 7.46. The molecule has 4 heterocycles. The molecule has 1 N–H and O–H groups in total. The van der Waals surface area contributed by atoms with E-state index in [9.17, 15) is 0 Å². The summed E-state index contributed by atoms with van der Waals surface area (Å²) in [5.41, 5.74) is 8.21. The molecule has 5 heteroatoms. The normalized spacial score (nSPS) is 22.2. The van der Waals surface area contributed by atoms with Crippen LogP contribution in [0.1, 0.15) is 6.42 Å². The second-order valence-corrected chi connectivity index (χ2v) is 11.3. The van der Waals surface area contributed by atoms with E-state index in [0.29, 0.717) is 6.04 Å². The van der Waals surface area contributed by atoms with Crippen LogP contribution in [0.5, 0.6) is 0 Å². The summed E-state index contributed by atoms with van der Waals surface area (Å²) in [6, 6.07) is 33.4. The van der Waals surface area contributed by atoms with Crippen molar-refractivity contribution in [3.63, 3.8) is 0 Å². The molecule has 0 saturated carbocycles. The number of furan rings is 1. The predicted molar refractivity (Wildman–Crippen MR) is 171 cm³/mol. The molecule has 0 amide bonds. The van der Waals surface area contributed by atoms with Crippen LogP contribution in [-0.2, 0) is 0 Å². The molecule has 196 valence electrons. The lowest BCUT2D eigenvalue weighted by Gasteiger charge is -2.48. The maximum atomic E-state index is 6.18. The monoisotopic (exact) mass is 529 g/mol. The molecule has 0 spiro atoms. The van der Waals surface area contributed by atoms with Gasteiger partial charge in [-0.15, -0.1) is 0 Å². The van der Waals surface area contributed by atoms with Gasteiger partial charge in [-0.2, -0.15) is 0 Å². The molecule has 1 aromatic heterocycles. The van der Waals surface area contributed by atoms with Crippen molar-refractivity contribution in [2.75, 3.05) is 9.80 Å². The van der Waals surface area contributed by atoms with E-state index in [1.165, 1.54) is 22.3 Å². The number of benzene rings is 4. The molecular formula is C36H28BN3O. The lowest BCUT2D eigenvalue weighted by Crippen LogP contribution is -2.70. The minimum Gasteiger partial charge on any atom is -0.456 e. The Labute approximate surface area is 239 Å². The summed E-state index contributed by atoms with van der Waals surface area (Å²) in [6.07, 6.45) is 16.9. The highest BCUT2D eigenvalue weighted by atomic mass is 16.3. The van der Waals surface area contributed by atoms with Crippen LogP contribution in [0, 0.1) is 0 Å². The van der Waals surface area contributed by atoms with Crippen molar-refractivity contribution in [3.8, 4) is 0 Å². The Morgan fingerprint density at radius 1 is 0.732 bits per heavy atom. The molecule has 1 aliphatic carbocycles. The Hall–Kier alpha value is -4.90.